The second-order valence-corrected chi connectivity index (χ2v) is 4.75. The maximum absolute atomic E-state index is 12.3. The molecule has 1 heterocycles. The summed E-state index contributed by atoms with van der Waals surface area (Å²) < 4.78 is 15.8. The van der Waals surface area contributed by atoms with Gasteiger partial charge in [0.05, 0.1) is 27.4 Å². The number of amides is 1. The number of nitrogens with one attached hydrogen (secondary N) is 1. The van der Waals surface area contributed by atoms with Gasteiger partial charge >= 0.3 is 0 Å². The van der Waals surface area contributed by atoms with Gasteiger partial charge in [0.1, 0.15) is 17.1 Å². The number of benzene rings is 1. The van der Waals surface area contributed by atoms with Crippen molar-refractivity contribution in [3.8, 4) is 11.5 Å². The van der Waals surface area contributed by atoms with E-state index in [0.717, 1.165) is 32.8 Å². The van der Waals surface area contributed by atoms with Gasteiger partial charge in [0.2, 0.25) is 0 Å². The number of carbonyl (C=O) groups is 1. The molecule has 2 rings (SSSR count). The van der Waals surface area contributed by atoms with Gasteiger partial charge in [0.15, 0.2) is 0 Å². The summed E-state index contributed by atoms with van der Waals surface area (Å²) in [6.45, 7) is 4.73. The van der Waals surface area contributed by atoms with Crippen LogP contribution in [0.25, 0.3) is 0 Å². The SMILES string of the molecule is COc1cccc(OC)c1C(=O)NCCN1CCOCC1. The summed E-state index contributed by atoms with van der Waals surface area (Å²) in [6.07, 6.45) is 0. The fourth-order valence-corrected chi connectivity index (χ4v) is 2.32. The largest absolute Gasteiger partial charge is 0.496 e. The number of rotatable bonds is 6. The highest BCUT2D eigenvalue weighted by Crippen LogP contribution is 2.27. The summed E-state index contributed by atoms with van der Waals surface area (Å²) in [7, 11) is 3.08. The van der Waals surface area contributed by atoms with E-state index in [1.165, 1.54) is 0 Å². The standard InChI is InChI=1S/C15H22N2O4/c1-19-12-4-3-5-13(20-2)14(12)15(18)16-6-7-17-8-10-21-11-9-17/h3-5H,6-11H2,1-2H3,(H,16,18). The smallest absolute Gasteiger partial charge is 0.258 e. The minimum absolute atomic E-state index is 0.183. The van der Waals surface area contributed by atoms with E-state index < -0.39 is 0 Å². The van der Waals surface area contributed by atoms with Crippen LogP contribution in [0.4, 0.5) is 0 Å². The normalized spacial score (nSPS) is 15.5. The molecule has 0 atom stereocenters. The number of hydrogen-bond donors (Lipinski definition) is 1. The van der Waals surface area contributed by atoms with Crippen molar-refractivity contribution in [1.29, 1.82) is 0 Å². The van der Waals surface area contributed by atoms with Crippen molar-refractivity contribution in [2.75, 3.05) is 53.6 Å². The molecule has 0 aliphatic carbocycles. The lowest BCUT2D eigenvalue weighted by Crippen LogP contribution is -2.41. The highest BCUT2D eigenvalue weighted by molar-refractivity contribution is 5.99. The van der Waals surface area contributed by atoms with Crippen LogP contribution in [0.5, 0.6) is 11.5 Å². The number of morpholine rings is 1. The minimum Gasteiger partial charge on any atom is -0.496 e. The minimum atomic E-state index is -0.183. The second-order valence-electron chi connectivity index (χ2n) is 4.75. The van der Waals surface area contributed by atoms with Crippen LogP contribution in [-0.2, 0) is 4.74 Å². The molecule has 0 aromatic heterocycles. The molecule has 0 radical (unpaired) electrons. The van der Waals surface area contributed by atoms with Gasteiger partial charge in [0, 0.05) is 26.2 Å². The predicted octanol–water partition coefficient (Wildman–Crippen LogP) is 0.766. The summed E-state index contributed by atoms with van der Waals surface area (Å²) in [5.74, 6) is 0.842. The van der Waals surface area contributed by atoms with Crippen molar-refractivity contribution >= 4 is 5.91 Å². The summed E-state index contributed by atoms with van der Waals surface area (Å²) in [5, 5.41) is 2.91. The quantitative estimate of drug-likeness (QED) is 0.839. The van der Waals surface area contributed by atoms with E-state index in [9.17, 15) is 4.79 Å². The first-order valence-electron chi connectivity index (χ1n) is 7.05. The molecule has 1 aliphatic rings. The van der Waals surface area contributed by atoms with Gasteiger partial charge in [0.25, 0.3) is 5.91 Å². The maximum atomic E-state index is 12.3. The van der Waals surface area contributed by atoms with Crippen LogP contribution in [0, 0.1) is 0 Å². The van der Waals surface area contributed by atoms with Crippen molar-refractivity contribution in [2.45, 2.75) is 0 Å². The Hall–Kier alpha value is -1.79. The number of nitrogens with zero attached hydrogens (tertiary/aromatic N) is 1. The molecule has 1 saturated heterocycles. The molecule has 0 unspecified atom stereocenters. The molecule has 1 N–H and O–H groups in total. The van der Waals surface area contributed by atoms with Gasteiger partial charge < -0.3 is 19.5 Å². The Balaban J connectivity index is 1.93. The molecule has 1 aromatic rings. The average molecular weight is 294 g/mol. The van der Waals surface area contributed by atoms with E-state index in [4.69, 9.17) is 14.2 Å². The third kappa shape index (κ3) is 4.09. The van der Waals surface area contributed by atoms with Crippen LogP contribution in [0.15, 0.2) is 18.2 Å². The zero-order valence-electron chi connectivity index (χ0n) is 12.6. The van der Waals surface area contributed by atoms with E-state index in [2.05, 4.69) is 10.2 Å². The van der Waals surface area contributed by atoms with Crippen molar-refractivity contribution in [3.63, 3.8) is 0 Å². The van der Waals surface area contributed by atoms with Gasteiger partial charge in [-0.2, -0.15) is 0 Å². The molecular weight excluding hydrogens is 272 g/mol. The highest BCUT2D eigenvalue weighted by atomic mass is 16.5. The van der Waals surface area contributed by atoms with Gasteiger partial charge in [-0.15, -0.1) is 0 Å². The van der Waals surface area contributed by atoms with Gasteiger partial charge in [-0.25, -0.2) is 0 Å². The average Bonchev–Trinajstić information content (AvgIpc) is 2.54. The number of ether oxygens (including phenoxy) is 3. The van der Waals surface area contributed by atoms with E-state index in [1.807, 2.05) is 0 Å². The van der Waals surface area contributed by atoms with Crippen LogP contribution in [-0.4, -0.2) is 64.4 Å². The fourth-order valence-electron chi connectivity index (χ4n) is 2.32. The monoisotopic (exact) mass is 294 g/mol. The van der Waals surface area contributed by atoms with Crippen molar-refractivity contribution in [1.82, 2.24) is 10.2 Å². The van der Waals surface area contributed by atoms with Crippen molar-refractivity contribution in [2.24, 2.45) is 0 Å². The Morgan fingerprint density at radius 1 is 1.24 bits per heavy atom. The zero-order valence-corrected chi connectivity index (χ0v) is 12.6. The Morgan fingerprint density at radius 2 is 1.86 bits per heavy atom. The summed E-state index contributed by atoms with van der Waals surface area (Å²) in [4.78, 5) is 14.6. The van der Waals surface area contributed by atoms with Crippen LogP contribution in [0.1, 0.15) is 10.4 Å². The van der Waals surface area contributed by atoms with Crippen LogP contribution < -0.4 is 14.8 Å². The Bertz CT molecular complexity index is 450. The Labute approximate surface area is 125 Å². The lowest BCUT2D eigenvalue weighted by molar-refractivity contribution is 0.0383. The second kappa shape index (κ2) is 7.85. The highest BCUT2D eigenvalue weighted by Gasteiger charge is 2.18. The first kappa shape index (κ1) is 15.6. The van der Waals surface area contributed by atoms with Crippen LogP contribution >= 0.6 is 0 Å². The first-order valence-corrected chi connectivity index (χ1v) is 7.05. The molecule has 6 heteroatoms. The van der Waals surface area contributed by atoms with E-state index >= 15 is 0 Å². The molecule has 0 saturated carbocycles. The zero-order chi connectivity index (χ0) is 15.1. The fraction of sp³-hybridized carbons (Fsp3) is 0.533. The molecule has 0 spiro atoms. The van der Waals surface area contributed by atoms with Gasteiger partial charge in [-0.1, -0.05) is 6.07 Å². The molecule has 1 fully saturated rings. The Kier molecular flexibility index (Phi) is 5.83. The molecule has 6 nitrogen and oxygen atoms in total. The van der Waals surface area contributed by atoms with Crippen molar-refractivity contribution < 1.29 is 19.0 Å². The molecule has 1 aliphatic heterocycles. The summed E-state index contributed by atoms with van der Waals surface area (Å²) in [6, 6.07) is 5.29. The molecule has 1 aromatic carbocycles. The predicted molar refractivity (Wildman–Crippen MR) is 79.1 cm³/mol. The van der Waals surface area contributed by atoms with E-state index in [0.29, 0.717) is 23.6 Å². The van der Waals surface area contributed by atoms with Gasteiger partial charge in [-0.3, -0.25) is 9.69 Å². The van der Waals surface area contributed by atoms with Gasteiger partial charge in [-0.05, 0) is 12.1 Å². The molecule has 0 bridgehead atoms. The summed E-state index contributed by atoms with van der Waals surface area (Å²) in [5.41, 5.74) is 0.435. The molecule has 21 heavy (non-hydrogen) atoms. The lowest BCUT2D eigenvalue weighted by Gasteiger charge is -2.26. The topological polar surface area (TPSA) is 60.0 Å². The van der Waals surface area contributed by atoms with E-state index in [1.54, 1.807) is 32.4 Å². The third-order valence-corrected chi connectivity index (χ3v) is 3.47. The number of hydrogen-bond acceptors (Lipinski definition) is 5. The third-order valence-electron chi connectivity index (χ3n) is 3.47. The van der Waals surface area contributed by atoms with Crippen LogP contribution in [0.2, 0.25) is 0 Å². The first-order chi connectivity index (χ1) is 10.3. The summed E-state index contributed by atoms with van der Waals surface area (Å²) >= 11 is 0. The molecular formula is C15H22N2O4. The van der Waals surface area contributed by atoms with Crippen LogP contribution in [0.3, 0.4) is 0 Å². The number of carbonyl (C=O) groups excluding carboxylic acids is 1. The lowest BCUT2D eigenvalue weighted by atomic mass is 10.1. The van der Waals surface area contributed by atoms with E-state index in [-0.39, 0.29) is 5.91 Å². The van der Waals surface area contributed by atoms with Crippen molar-refractivity contribution in [3.05, 3.63) is 23.8 Å². The number of methoxy groups -OCH3 is 2. The molecule has 1 amide bonds. The maximum Gasteiger partial charge on any atom is 0.258 e. The molecule has 116 valence electrons. The Morgan fingerprint density at radius 3 is 2.43 bits per heavy atom.